The Hall–Kier alpha value is -1.19. The summed E-state index contributed by atoms with van der Waals surface area (Å²) >= 11 is 1.78. The molecule has 0 saturated carbocycles. The van der Waals surface area contributed by atoms with Gasteiger partial charge in [-0.15, -0.1) is 11.3 Å². The van der Waals surface area contributed by atoms with Crippen molar-refractivity contribution in [3.8, 4) is 10.6 Å². The van der Waals surface area contributed by atoms with E-state index in [-0.39, 0.29) is 0 Å². The van der Waals surface area contributed by atoms with Gasteiger partial charge in [0.2, 0.25) is 0 Å². The Balaban J connectivity index is 2.04. The van der Waals surface area contributed by atoms with Crippen molar-refractivity contribution >= 4 is 11.3 Å². The van der Waals surface area contributed by atoms with Crippen molar-refractivity contribution in [2.24, 2.45) is 5.92 Å². The van der Waals surface area contributed by atoms with Gasteiger partial charge in [-0.1, -0.05) is 38.1 Å². The predicted molar refractivity (Wildman–Crippen MR) is 78.8 cm³/mol. The Labute approximate surface area is 113 Å². The molecule has 0 fully saturated rings. The van der Waals surface area contributed by atoms with E-state index >= 15 is 0 Å². The number of nitrogens with zero attached hydrogens (tertiary/aromatic N) is 1. The summed E-state index contributed by atoms with van der Waals surface area (Å²) in [6.45, 7) is 8.55. The number of aryl methyl sites for hydroxylation is 1. The van der Waals surface area contributed by atoms with Crippen LogP contribution in [-0.2, 0) is 6.54 Å². The van der Waals surface area contributed by atoms with E-state index in [9.17, 15) is 0 Å². The summed E-state index contributed by atoms with van der Waals surface area (Å²) in [6.07, 6.45) is 1.99. The lowest BCUT2D eigenvalue weighted by Crippen LogP contribution is -2.18. The molecule has 0 unspecified atom stereocenters. The number of rotatable bonds is 5. The maximum atomic E-state index is 4.52. The van der Waals surface area contributed by atoms with Gasteiger partial charge < -0.3 is 5.32 Å². The Morgan fingerprint density at radius 1 is 1.28 bits per heavy atom. The van der Waals surface area contributed by atoms with Gasteiger partial charge in [0.25, 0.3) is 0 Å². The summed E-state index contributed by atoms with van der Waals surface area (Å²) in [5.41, 5.74) is 2.53. The molecule has 1 aromatic heterocycles. The van der Waals surface area contributed by atoms with Crippen LogP contribution in [0.25, 0.3) is 10.6 Å². The van der Waals surface area contributed by atoms with Crippen LogP contribution < -0.4 is 5.32 Å². The molecule has 3 heteroatoms. The molecular formula is C15H20N2S. The minimum Gasteiger partial charge on any atom is -0.312 e. The van der Waals surface area contributed by atoms with Gasteiger partial charge in [0.1, 0.15) is 5.01 Å². The number of benzene rings is 1. The van der Waals surface area contributed by atoms with Crippen LogP contribution in [0.15, 0.2) is 30.5 Å². The molecule has 1 heterocycles. The minimum atomic E-state index is 0.689. The van der Waals surface area contributed by atoms with Gasteiger partial charge >= 0.3 is 0 Å². The minimum absolute atomic E-state index is 0.689. The number of hydrogen-bond donors (Lipinski definition) is 1. The van der Waals surface area contributed by atoms with E-state index in [1.807, 2.05) is 6.20 Å². The monoisotopic (exact) mass is 260 g/mol. The van der Waals surface area contributed by atoms with Crippen molar-refractivity contribution in [2.75, 3.05) is 6.54 Å². The van der Waals surface area contributed by atoms with Crippen molar-refractivity contribution in [2.45, 2.75) is 27.3 Å². The molecule has 2 aromatic rings. The van der Waals surface area contributed by atoms with E-state index in [4.69, 9.17) is 0 Å². The molecule has 2 nitrogen and oxygen atoms in total. The molecule has 1 N–H and O–H groups in total. The Morgan fingerprint density at radius 2 is 2.06 bits per heavy atom. The molecule has 2 rings (SSSR count). The maximum Gasteiger partial charge on any atom is 0.123 e. The maximum absolute atomic E-state index is 4.52. The predicted octanol–water partition coefficient (Wildman–Crippen LogP) is 3.86. The van der Waals surface area contributed by atoms with Crippen molar-refractivity contribution in [3.05, 3.63) is 40.9 Å². The number of nitrogens with one attached hydrogen (secondary N) is 1. The van der Waals surface area contributed by atoms with Gasteiger partial charge in [-0.25, -0.2) is 4.98 Å². The fourth-order valence-corrected chi connectivity index (χ4v) is 2.78. The first-order chi connectivity index (χ1) is 8.66. The number of thiazole rings is 1. The largest absolute Gasteiger partial charge is 0.312 e. The fourth-order valence-electron chi connectivity index (χ4n) is 1.81. The normalized spacial score (nSPS) is 11.1. The summed E-state index contributed by atoms with van der Waals surface area (Å²) in [4.78, 5) is 5.82. The highest BCUT2D eigenvalue weighted by atomic mass is 32.1. The molecular weight excluding hydrogens is 240 g/mol. The molecule has 0 aliphatic rings. The molecule has 1 aromatic carbocycles. The SMILES string of the molecule is Cc1ccccc1-c1ncc(CNCC(C)C)s1. The first kappa shape index (κ1) is 13.2. The third-order valence-electron chi connectivity index (χ3n) is 2.78. The van der Waals surface area contributed by atoms with E-state index in [1.54, 1.807) is 11.3 Å². The molecule has 0 bridgehead atoms. The molecule has 0 amide bonds. The van der Waals surface area contributed by atoms with E-state index < -0.39 is 0 Å². The molecule has 0 aliphatic heterocycles. The molecule has 0 atom stereocenters. The van der Waals surface area contributed by atoms with Crippen molar-refractivity contribution in [1.29, 1.82) is 0 Å². The van der Waals surface area contributed by atoms with Gasteiger partial charge in [0.15, 0.2) is 0 Å². The van der Waals surface area contributed by atoms with Crippen LogP contribution in [0.2, 0.25) is 0 Å². The van der Waals surface area contributed by atoms with Crippen LogP contribution in [0.5, 0.6) is 0 Å². The third-order valence-corrected chi connectivity index (χ3v) is 3.81. The molecule has 18 heavy (non-hydrogen) atoms. The van der Waals surface area contributed by atoms with Crippen LogP contribution in [0.4, 0.5) is 0 Å². The topological polar surface area (TPSA) is 24.9 Å². The number of aromatic nitrogens is 1. The van der Waals surface area contributed by atoms with Gasteiger partial charge in [0.05, 0.1) is 0 Å². The zero-order valence-electron chi connectivity index (χ0n) is 11.2. The Bertz CT molecular complexity index is 503. The van der Waals surface area contributed by atoms with E-state index in [0.29, 0.717) is 5.92 Å². The van der Waals surface area contributed by atoms with Crippen LogP contribution in [0.1, 0.15) is 24.3 Å². The standard InChI is InChI=1S/C15H20N2S/c1-11(2)8-16-9-13-10-17-15(18-13)14-7-5-4-6-12(14)3/h4-7,10-11,16H,8-9H2,1-3H3. The van der Waals surface area contributed by atoms with Gasteiger partial charge in [-0.05, 0) is 24.9 Å². The van der Waals surface area contributed by atoms with E-state index in [2.05, 4.69) is 55.3 Å². The molecule has 0 aliphatic carbocycles. The molecule has 0 spiro atoms. The van der Waals surface area contributed by atoms with E-state index in [1.165, 1.54) is 16.0 Å². The summed E-state index contributed by atoms with van der Waals surface area (Å²) in [5.74, 6) is 0.689. The Morgan fingerprint density at radius 3 is 2.78 bits per heavy atom. The zero-order valence-corrected chi connectivity index (χ0v) is 12.1. The third kappa shape index (κ3) is 3.40. The lowest BCUT2D eigenvalue weighted by Gasteiger charge is -2.04. The smallest absolute Gasteiger partial charge is 0.123 e. The highest BCUT2D eigenvalue weighted by molar-refractivity contribution is 7.15. The van der Waals surface area contributed by atoms with Gasteiger partial charge in [0, 0.05) is 23.2 Å². The average molecular weight is 260 g/mol. The lowest BCUT2D eigenvalue weighted by atomic mass is 10.1. The van der Waals surface area contributed by atoms with Gasteiger partial charge in [-0.3, -0.25) is 0 Å². The second kappa shape index (κ2) is 6.12. The lowest BCUT2D eigenvalue weighted by molar-refractivity contribution is 0.554. The van der Waals surface area contributed by atoms with Gasteiger partial charge in [-0.2, -0.15) is 0 Å². The quantitative estimate of drug-likeness (QED) is 0.883. The zero-order chi connectivity index (χ0) is 13.0. The average Bonchev–Trinajstić information content (AvgIpc) is 2.78. The van der Waals surface area contributed by atoms with E-state index in [0.717, 1.165) is 18.1 Å². The molecule has 96 valence electrons. The van der Waals surface area contributed by atoms with Crippen molar-refractivity contribution in [1.82, 2.24) is 10.3 Å². The second-order valence-electron chi connectivity index (χ2n) is 4.97. The van der Waals surface area contributed by atoms with Crippen molar-refractivity contribution in [3.63, 3.8) is 0 Å². The second-order valence-corrected chi connectivity index (χ2v) is 6.09. The van der Waals surface area contributed by atoms with Crippen molar-refractivity contribution < 1.29 is 0 Å². The van der Waals surface area contributed by atoms with Crippen LogP contribution in [-0.4, -0.2) is 11.5 Å². The number of hydrogen-bond acceptors (Lipinski definition) is 3. The summed E-state index contributed by atoms with van der Waals surface area (Å²) in [6, 6.07) is 8.41. The van der Waals surface area contributed by atoms with Crippen LogP contribution in [0.3, 0.4) is 0 Å². The highest BCUT2D eigenvalue weighted by Crippen LogP contribution is 2.27. The molecule has 0 radical (unpaired) electrons. The highest BCUT2D eigenvalue weighted by Gasteiger charge is 2.06. The summed E-state index contributed by atoms with van der Waals surface area (Å²) < 4.78 is 0. The summed E-state index contributed by atoms with van der Waals surface area (Å²) in [5, 5.41) is 4.57. The van der Waals surface area contributed by atoms with Crippen LogP contribution in [0, 0.1) is 12.8 Å². The molecule has 0 saturated heterocycles. The Kier molecular flexibility index (Phi) is 4.50. The summed E-state index contributed by atoms with van der Waals surface area (Å²) in [7, 11) is 0. The fraction of sp³-hybridized carbons (Fsp3) is 0.400. The van der Waals surface area contributed by atoms with Crippen LogP contribution >= 0.6 is 11.3 Å². The first-order valence-corrected chi connectivity index (χ1v) is 7.20. The first-order valence-electron chi connectivity index (χ1n) is 6.38.